The van der Waals surface area contributed by atoms with E-state index in [1.165, 1.54) is 0 Å². The molecular formula is C6H10NO. The second-order valence-corrected chi connectivity index (χ2v) is 1.75. The highest BCUT2D eigenvalue weighted by Gasteiger charge is 2.08. The molecule has 1 radical (unpaired) electrons. The molecule has 1 N–H and O–H groups in total. The van der Waals surface area contributed by atoms with E-state index in [9.17, 15) is 0 Å². The van der Waals surface area contributed by atoms with Crippen molar-refractivity contribution in [2.75, 3.05) is 13.3 Å². The van der Waals surface area contributed by atoms with Crippen molar-refractivity contribution in [2.45, 2.75) is 6.04 Å². The van der Waals surface area contributed by atoms with Crippen molar-refractivity contribution < 1.29 is 4.74 Å². The number of rotatable bonds is 1. The summed E-state index contributed by atoms with van der Waals surface area (Å²) in [5.74, 6) is 0. The Labute approximate surface area is 49.5 Å². The Balaban J connectivity index is 2.24. The molecule has 1 heterocycles. The Kier molecular flexibility index (Phi) is 2.06. The lowest BCUT2D eigenvalue weighted by Gasteiger charge is -1.96. The molecule has 0 bridgehead atoms. The van der Waals surface area contributed by atoms with E-state index in [1.54, 1.807) is 6.08 Å². The van der Waals surface area contributed by atoms with Crippen LogP contribution in [0.25, 0.3) is 0 Å². The predicted octanol–water partition coefficient (Wildman–Crippen LogP) is 0.323. The van der Waals surface area contributed by atoms with Crippen LogP contribution in [-0.4, -0.2) is 19.4 Å². The molecule has 1 aliphatic heterocycles. The number of ether oxygens (including phenoxy) is 1. The summed E-state index contributed by atoms with van der Waals surface area (Å²) in [5, 5.41) is 3.11. The number of allylic oxidation sites excluding steroid dienone is 1. The molecule has 45 valence electrons. The zero-order valence-corrected chi connectivity index (χ0v) is 4.76. The minimum Gasteiger partial charge on any atom is -0.364 e. The summed E-state index contributed by atoms with van der Waals surface area (Å²) < 4.78 is 5.02. The lowest BCUT2D eigenvalue weighted by atomic mass is 10.3. The first-order valence-electron chi connectivity index (χ1n) is 2.70. The molecule has 0 amide bonds. The van der Waals surface area contributed by atoms with Crippen LogP contribution >= 0.6 is 0 Å². The van der Waals surface area contributed by atoms with Crippen LogP contribution in [0.3, 0.4) is 0 Å². The van der Waals surface area contributed by atoms with Crippen molar-refractivity contribution in [2.24, 2.45) is 0 Å². The minimum atomic E-state index is 0.396. The molecule has 1 unspecified atom stereocenters. The topological polar surface area (TPSA) is 21.3 Å². The maximum Gasteiger partial charge on any atom is 0.0971 e. The summed E-state index contributed by atoms with van der Waals surface area (Å²) in [6.07, 6.45) is 3.78. The van der Waals surface area contributed by atoms with Gasteiger partial charge in [0.25, 0.3) is 0 Å². The van der Waals surface area contributed by atoms with Crippen molar-refractivity contribution in [3.63, 3.8) is 0 Å². The van der Waals surface area contributed by atoms with Gasteiger partial charge in [0, 0.05) is 0 Å². The summed E-state index contributed by atoms with van der Waals surface area (Å²) in [6, 6.07) is 0.396. The van der Waals surface area contributed by atoms with Crippen LogP contribution in [-0.2, 0) is 4.74 Å². The van der Waals surface area contributed by atoms with Gasteiger partial charge >= 0.3 is 0 Å². The van der Waals surface area contributed by atoms with E-state index in [1.807, 2.05) is 6.08 Å². The van der Waals surface area contributed by atoms with Crippen LogP contribution in [0.15, 0.2) is 12.2 Å². The monoisotopic (exact) mass is 112 g/mol. The van der Waals surface area contributed by atoms with Gasteiger partial charge in [-0.3, -0.25) is 5.32 Å². The van der Waals surface area contributed by atoms with Gasteiger partial charge in [-0.2, -0.15) is 0 Å². The molecule has 0 saturated carbocycles. The molecule has 1 atom stereocenters. The van der Waals surface area contributed by atoms with Gasteiger partial charge in [-0.05, 0) is 6.92 Å². The highest BCUT2D eigenvalue weighted by molar-refractivity contribution is 4.95. The zero-order valence-electron chi connectivity index (χ0n) is 4.76. The Hall–Kier alpha value is -0.340. The predicted molar refractivity (Wildman–Crippen MR) is 32.2 cm³/mol. The fraction of sp³-hybridized carbons (Fsp3) is 0.500. The van der Waals surface area contributed by atoms with E-state index >= 15 is 0 Å². The lowest BCUT2D eigenvalue weighted by molar-refractivity contribution is 0.192. The van der Waals surface area contributed by atoms with Gasteiger partial charge in [0.05, 0.1) is 19.4 Å². The van der Waals surface area contributed by atoms with E-state index < -0.39 is 0 Å². The summed E-state index contributed by atoms with van der Waals surface area (Å²) in [4.78, 5) is 0. The Morgan fingerprint density at radius 3 is 3.12 bits per heavy atom. The van der Waals surface area contributed by atoms with Crippen LogP contribution in [0.1, 0.15) is 0 Å². The Morgan fingerprint density at radius 2 is 2.62 bits per heavy atom. The SMILES string of the molecule is [CH2]C=CC1COCN1. The first kappa shape index (κ1) is 5.79. The normalized spacial score (nSPS) is 29.9. The average molecular weight is 112 g/mol. The number of hydrogen-bond donors (Lipinski definition) is 1. The average Bonchev–Trinajstić information content (AvgIpc) is 2.19. The molecule has 1 rings (SSSR count). The van der Waals surface area contributed by atoms with Crippen molar-refractivity contribution in [3.05, 3.63) is 19.1 Å². The summed E-state index contributed by atoms with van der Waals surface area (Å²) in [6.45, 7) is 5.03. The summed E-state index contributed by atoms with van der Waals surface area (Å²) >= 11 is 0. The lowest BCUT2D eigenvalue weighted by Crippen LogP contribution is -2.20. The highest BCUT2D eigenvalue weighted by atomic mass is 16.5. The van der Waals surface area contributed by atoms with E-state index in [-0.39, 0.29) is 0 Å². The van der Waals surface area contributed by atoms with E-state index in [0.29, 0.717) is 12.8 Å². The molecule has 0 aromatic rings. The first-order chi connectivity index (χ1) is 3.93. The van der Waals surface area contributed by atoms with Gasteiger partial charge < -0.3 is 4.74 Å². The second-order valence-electron chi connectivity index (χ2n) is 1.75. The smallest absolute Gasteiger partial charge is 0.0971 e. The Morgan fingerprint density at radius 1 is 1.75 bits per heavy atom. The largest absolute Gasteiger partial charge is 0.364 e. The third kappa shape index (κ3) is 1.32. The maximum atomic E-state index is 5.02. The quantitative estimate of drug-likeness (QED) is 0.527. The molecular weight excluding hydrogens is 102 g/mol. The zero-order chi connectivity index (χ0) is 5.82. The van der Waals surface area contributed by atoms with E-state index in [4.69, 9.17) is 4.74 Å². The van der Waals surface area contributed by atoms with Gasteiger partial charge in [-0.25, -0.2) is 0 Å². The maximum absolute atomic E-state index is 5.02. The standard InChI is InChI=1S/C6H10NO/c1-2-3-6-4-8-5-7-6/h2-3,6-7H,1,4-5H2. The molecule has 1 fully saturated rings. The fourth-order valence-corrected chi connectivity index (χ4v) is 0.699. The molecule has 0 aromatic heterocycles. The molecule has 2 nitrogen and oxygen atoms in total. The molecule has 1 aliphatic rings. The van der Waals surface area contributed by atoms with Crippen LogP contribution in [0.2, 0.25) is 0 Å². The first-order valence-corrected chi connectivity index (χ1v) is 2.70. The molecule has 2 heteroatoms. The van der Waals surface area contributed by atoms with Crippen LogP contribution in [0.5, 0.6) is 0 Å². The van der Waals surface area contributed by atoms with Gasteiger partial charge in [-0.15, -0.1) is 0 Å². The second kappa shape index (κ2) is 2.84. The van der Waals surface area contributed by atoms with Crippen LogP contribution < -0.4 is 5.32 Å². The van der Waals surface area contributed by atoms with Crippen molar-refractivity contribution >= 4 is 0 Å². The van der Waals surface area contributed by atoms with E-state index in [0.717, 1.165) is 6.61 Å². The summed E-state index contributed by atoms with van der Waals surface area (Å²) in [5.41, 5.74) is 0. The van der Waals surface area contributed by atoms with Crippen LogP contribution in [0.4, 0.5) is 0 Å². The fourth-order valence-electron chi connectivity index (χ4n) is 0.699. The minimum absolute atomic E-state index is 0.396. The number of nitrogens with one attached hydrogen (secondary N) is 1. The van der Waals surface area contributed by atoms with Crippen molar-refractivity contribution in [1.29, 1.82) is 0 Å². The molecule has 0 spiro atoms. The third-order valence-corrected chi connectivity index (χ3v) is 1.11. The molecule has 0 aliphatic carbocycles. The van der Waals surface area contributed by atoms with Gasteiger partial charge in [0.1, 0.15) is 0 Å². The van der Waals surface area contributed by atoms with E-state index in [2.05, 4.69) is 12.2 Å². The number of hydrogen-bond acceptors (Lipinski definition) is 2. The third-order valence-electron chi connectivity index (χ3n) is 1.11. The van der Waals surface area contributed by atoms with Crippen molar-refractivity contribution in [3.8, 4) is 0 Å². The summed E-state index contributed by atoms with van der Waals surface area (Å²) in [7, 11) is 0. The molecule has 0 aromatic carbocycles. The molecule has 1 saturated heterocycles. The van der Waals surface area contributed by atoms with Gasteiger partial charge in [0.15, 0.2) is 0 Å². The van der Waals surface area contributed by atoms with Gasteiger partial charge in [0.2, 0.25) is 0 Å². The Bertz CT molecular complexity index is 84.5. The van der Waals surface area contributed by atoms with Gasteiger partial charge in [-0.1, -0.05) is 12.2 Å². The highest BCUT2D eigenvalue weighted by Crippen LogP contribution is 1.94. The van der Waals surface area contributed by atoms with Crippen LogP contribution in [0, 0.1) is 6.92 Å². The molecule has 8 heavy (non-hydrogen) atoms. The van der Waals surface area contributed by atoms with Crippen molar-refractivity contribution in [1.82, 2.24) is 5.32 Å².